The largest absolute Gasteiger partial charge is 0.311 e. The number of hydrogen-bond donors (Lipinski definition) is 3. The summed E-state index contributed by atoms with van der Waals surface area (Å²) in [5.41, 5.74) is 8.22. The van der Waals surface area contributed by atoms with Gasteiger partial charge in [-0.05, 0) is 87.8 Å². The molecule has 0 fully saturated rings. The van der Waals surface area contributed by atoms with E-state index in [1.807, 2.05) is 0 Å². The van der Waals surface area contributed by atoms with Gasteiger partial charge in [0.1, 0.15) is 0 Å². The Morgan fingerprint density at radius 2 is 1.11 bits per heavy atom. The lowest BCUT2D eigenvalue weighted by atomic mass is 10.1. The van der Waals surface area contributed by atoms with E-state index in [-0.39, 0.29) is 0 Å². The second-order valence-corrected chi connectivity index (χ2v) is 10.7. The Labute approximate surface area is 227 Å². The molecule has 7 nitrogen and oxygen atoms in total. The van der Waals surface area contributed by atoms with Gasteiger partial charge in [0.05, 0.1) is 28.5 Å². The second-order valence-electron chi connectivity index (χ2n) is 10.7. The molecule has 1 atom stereocenters. The summed E-state index contributed by atoms with van der Waals surface area (Å²) in [7, 11) is 0. The standard InChI is InChI=1S/C31H43N7/c1-3-15-32-20-27-10-8-11-28(36-27)21-33-17-5-2-6-18-38-23-30-12-7-9-26(35-30)19-25-13-14-29(22-34-16-4-1)37-31(25)24-38/h7-14,32-34H,1-6,15-24H2. The number of nitrogens with zero attached hydrogens (tertiary/aromatic N) is 4. The number of rotatable bonds is 0. The Bertz CT molecular complexity index is 1150. The maximum Gasteiger partial charge on any atom is 0.0583 e. The zero-order valence-corrected chi connectivity index (χ0v) is 22.7. The highest BCUT2D eigenvalue weighted by Crippen LogP contribution is 2.20. The maximum atomic E-state index is 5.15. The highest BCUT2D eigenvalue weighted by molar-refractivity contribution is 5.29. The number of aromatic nitrogens is 3. The zero-order chi connectivity index (χ0) is 25.8. The molecule has 3 N–H and O–H groups in total. The van der Waals surface area contributed by atoms with Gasteiger partial charge in [-0.2, -0.15) is 0 Å². The van der Waals surface area contributed by atoms with Crippen LogP contribution in [-0.2, 0) is 39.1 Å². The monoisotopic (exact) mass is 513 g/mol. The van der Waals surface area contributed by atoms with Crippen molar-refractivity contribution in [3.63, 3.8) is 0 Å². The first kappa shape index (κ1) is 26.9. The summed E-state index contributed by atoms with van der Waals surface area (Å²) in [5.74, 6) is 0. The minimum atomic E-state index is 0.826. The van der Waals surface area contributed by atoms with E-state index in [1.54, 1.807) is 0 Å². The molecule has 0 radical (unpaired) electrons. The molecule has 0 saturated carbocycles. The third kappa shape index (κ3) is 8.40. The molecule has 5 rings (SSSR count). The first-order valence-electron chi connectivity index (χ1n) is 14.5. The fourth-order valence-corrected chi connectivity index (χ4v) is 5.35. The Balaban J connectivity index is 1.24. The van der Waals surface area contributed by atoms with Crippen molar-refractivity contribution in [1.82, 2.24) is 35.8 Å². The minimum Gasteiger partial charge on any atom is -0.311 e. The lowest BCUT2D eigenvalue weighted by Crippen LogP contribution is -2.26. The molecule has 7 bridgehead atoms. The molecule has 202 valence electrons. The molecule has 3 aromatic heterocycles. The van der Waals surface area contributed by atoms with Gasteiger partial charge in [-0.15, -0.1) is 0 Å². The molecule has 0 spiro atoms. The SMILES string of the molecule is c1cc2nc(c1)CNCCCCCN1Cc3cccc(n3)Cc3ccc(nc3C1)CNCCCCCNC2. The quantitative estimate of drug-likeness (QED) is 0.418. The van der Waals surface area contributed by atoms with E-state index < -0.39 is 0 Å². The second kappa shape index (κ2) is 14.4. The van der Waals surface area contributed by atoms with Crippen molar-refractivity contribution in [3.05, 3.63) is 88.3 Å². The molecule has 2 aliphatic rings. The van der Waals surface area contributed by atoms with Crippen LogP contribution in [0.2, 0.25) is 0 Å². The van der Waals surface area contributed by atoms with Gasteiger partial charge in [-0.25, -0.2) is 0 Å². The summed E-state index contributed by atoms with van der Waals surface area (Å²) in [5, 5.41) is 10.8. The molecule has 3 aromatic rings. The molecular formula is C31H43N7. The number of hydrogen-bond acceptors (Lipinski definition) is 7. The first-order chi connectivity index (χ1) is 18.8. The Hall–Kier alpha value is -2.71. The highest BCUT2D eigenvalue weighted by atomic mass is 15.1. The summed E-state index contributed by atoms with van der Waals surface area (Å²) in [4.78, 5) is 17.5. The van der Waals surface area contributed by atoms with Crippen LogP contribution in [0.3, 0.4) is 0 Å². The Kier molecular flexibility index (Phi) is 10.2. The smallest absolute Gasteiger partial charge is 0.0583 e. The molecule has 5 heterocycles. The number of pyridine rings is 3. The van der Waals surface area contributed by atoms with Gasteiger partial charge in [-0.1, -0.05) is 31.0 Å². The molecular weight excluding hydrogens is 470 g/mol. The van der Waals surface area contributed by atoms with Crippen molar-refractivity contribution >= 4 is 0 Å². The van der Waals surface area contributed by atoms with Crippen LogP contribution in [0.15, 0.2) is 48.5 Å². The fraction of sp³-hybridized carbons (Fsp3) is 0.516. The predicted octanol–water partition coefficient (Wildman–Crippen LogP) is 4.10. The number of nitrogens with one attached hydrogen (secondary N) is 3. The van der Waals surface area contributed by atoms with E-state index in [4.69, 9.17) is 15.0 Å². The lowest BCUT2D eigenvalue weighted by molar-refractivity contribution is 0.244. The Morgan fingerprint density at radius 3 is 1.82 bits per heavy atom. The van der Waals surface area contributed by atoms with Crippen molar-refractivity contribution in [2.45, 2.75) is 77.7 Å². The van der Waals surface area contributed by atoms with Gasteiger partial charge in [0.2, 0.25) is 0 Å². The predicted molar refractivity (Wildman–Crippen MR) is 152 cm³/mol. The molecule has 1 unspecified atom stereocenters. The van der Waals surface area contributed by atoms with Gasteiger partial charge in [0.25, 0.3) is 0 Å². The zero-order valence-electron chi connectivity index (χ0n) is 22.7. The lowest BCUT2D eigenvalue weighted by Gasteiger charge is -2.22. The van der Waals surface area contributed by atoms with Gasteiger partial charge in [0, 0.05) is 44.8 Å². The average Bonchev–Trinajstić information content (AvgIpc) is 2.97. The van der Waals surface area contributed by atoms with Crippen LogP contribution in [0.1, 0.15) is 78.3 Å². The summed E-state index contributed by atoms with van der Waals surface area (Å²) >= 11 is 0. The van der Waals surface area contributed by atoms with Crippen LogP contribution in [0.25, 0.3) is 0 Å². The fourth-order valence-electron chi connectivity index (χ4n) is 5.35. The van der Waals surface area contributed by atoms with Gasteiger partial charge in [-0.3, -0.25) is 19.9 Å². The van der Waals surface area contributed by atoms with Crippen LogP contribution in [0, 0.1) is 0 Å². The first-order valence-corrected chi connectivity index (χ1v) is 14.5. The summed E-state index contributed by atoms with van der Waals surface area (Å²) in [6.07, 6.45) is 8.00. The van der Waals surface area contributed by atoms with Crippen molar-refractivity contribution in [3.8, 4) is 0 Å². The van der Waals surface area contributed by atoms with Gasteiger partial charge >= 0.3 is 0 Å². The van der Waals surface area contributed by atoms with Crippen molar-refractivity contribution in [2.24, 2.45) is 0 Å². The van der Waals surface area contributed by atoms with E-state index in [1.165, 1.54) is 49.8 Å². The minimum absolute atomic E-state index is 0.826. The normalized spacial score (nSPS) is 20.5. The molecule has 7 heteroatoms. The third-order valence-corrected chi connectivity index (χ3v) is 7.44. The van der Waals surface area contributed by atoms with Crippen molar-refractivity contribution in [1.29, 1.82) is 0 Å². The summed E-state index contributed by atoms with van der Waals surface area (Å²) in [6, 6.07) is 17.3. The summed E-state index contributed by atoms with van der Waals surface area (Å²) < 4.78 is 0. The van der Waals surface area contributed by atoms with Crippen molar-refractivity contribution in [2.75, 3.05) is 26.2 Å². The molecule has 2 aliphatic heterocycles. The molecule has 38 heavy (non-hydrogen) atoms. The molecule has 0 aromatic carbocycles. The summed E-state index contributed by atoms with van der Waals surface area (Å²) in [6.45, 7) is 8.41. The number of fused-ring (bicyclic) bond motifs is 6. The third-order valence-electron chi connectivity index (χ3n) is 7.44. The highest BCUT2D eigenvalue weighted by Gasteiger charge is 2.16. The maximum absolute atomic E-state index is 5.15. The van der Waals surface area contributed by atoms with Gasteiger partial charge in [0.15, 0.2) is 0 Å². The van der Waals surface area contributed by atoms with Crippen molar-refractivity contribution < 1.29 is 0 Å². The van der Waals surface area contributed by atoms with Crippen LogP contribution in [-0.4, -0.2) is 46.0 Å². The van der Waals surface area contributed by atoms with E-state index in [2.05, 4.69) is 69.4 Å². The van der Waals surface area contributed by atoms with Crippen LogP contribution < -0.4 is 16.0 Å². The topological polar surface area (TPSA) is 78.0 Å². The Morgan fingerprint density at radius 1 is 0.526 bits per heavy atom. The van der Waals surface area contributed by atoms with E-state index >= 15 is 0 Å². The molecule has 0 saturated heterocycles. The van der Waals surface area contributed by atoms with Crippen LogP contribution in [0.4, 0.5) is 0 Å². The van der Waals surface area contributed by atoms with E-state index in [9.17, 15) is 0 Å². The van der Waals surface area contributed by atoms with E-state index in [0.29, 0.717) is 0 Å². The van der Waals surface area contributed by atoms with Crippen LogP contribution in [0.5, 0.6) is 0 Å². The van der Waals surface area contributed by atoms with Crippen LogP contribution >= 0.6 is 0 Å². The van der Waals surface area contributed by atoms with E-state index in [0.717, 1.165) is 93.8 Å². The average molecular weight is 514 g/mol. The molecule has 0 aliphatic carbocycles. The van der Waals surface area contributed by atoms with Gasteiger partial charge < -0.3 is 16.0 Å². The molecule has 0 amide bonds.